The maximum atomic E-state index is 12.2. The number of rotatable bonds is 4. The van der Waals surface area contributed by atoms with E-state index in [0.29, 0.717) is 21.4 Å². The fraction of sp³-hybridized carbons (Fsp3) is 0.0714. The van der Waals surface area contributed by atoms with Crippen molar-refractivity contribution in [1.29, 1.82) is 0 Å². The molecule has 1 amide bonds. The molecular weight excluding hydrogens is 338 g/mol. The Morgan fingerprint density at radius 3 is 2.62 bits per heavy atom. The van der Waals surface area contributed by atoms with E-state index in [0.717, 1.165) is 0 Å². The Labute approximate surface area is 129 Å². The van der Waals surface area contributed by atoms with Gasteiger partial charge in [0.1, 0.15) is 0 Å². The van der Waals surface area contributed by atoms with Crippen LogP contribution in [0.5, 0.6) is 0 Å². The number of carbonyl (C=O) groups is 1. The summed E-state index contributed by atoms with van der Waals surface area (Å²) in [4.78, 5) is 22.6. The maximum absolute atomic E-state index is 12.2. The number of benzene rings is 2. The molecule has 0 bridgehead atoms. The number of hydrogen-bond acceptors (Lipinski definition) is 4. The average Bonchev–Trinajstić information content (AvgIpc) is 2.48. The summed E-state index contributed by atoms with van der Waals surface area (Å²) in [5, 5.41) is 16.5. The van der Waals surface area contributed by atoms with Crippen molar-refractivity contribution in [1.82, 2.24) is 0 Å². The van der Waals surface area contributed by atoms with Crippen LogP contribution in [0.2, 0.25) is 0 Å². The number of nitro benzene ring substituents is 1. The highest BCUT2D eigenvalue weighted by atomic mass is 79.9. The molecule has 0 aromatic heterocycles. The molecule has 0 aliphatic rings. The predicted octanol–water partition coefficient (Wildman–Crippen LogP) is 3.65. The molecule has 108 valence electrons. The topological polar surface area (TPSA) is 84.3 Å². The SMILES string of the molecule is CNc1ccccc1C(=O)Nc1ccc(Br)c([N+](=O)[O-])c1. The van der Waals surface area contributed by atoms with Gasteiger partial charge in [-0.25, -0.2) is 0 Å². The van der Waals surface area contributed by atoms with Crippen LogP contribution in [-0.2, 0) is 0 Å². The first-order valence-electron chi connectivity index (χ1n) is 6.05. The second kappa shape index (κ2) is 6.36. The molecule has 6 nitrogen and oxygen atoms in total. The minimum absolute atomic E-state index is 0.102. The van der Waals surface area contributed by atoms with Gasteiger partial charge in [0.2, 0.25) is 0 Å². The first kappa shape index (κ1) is 15.0. The van der Waals surface area contributed by atoms with Crippen LogP contribution in [0.25, 0.3) is 0 Å². The second-order valence-corrected chi connectivity index (χ2v) is 5.03. The first-order chi connectivity index (χ1) is 10.0. The van der Waals surface area contributed by atoms with Crippen LogP contribution in [0, 0.1) is 10.1 Å². The van der Waals surface area contributed by atoms with Gasteiger partial charge in [-0.15, -0.1) is 0 Å². The molecule has 0 heterocycles. The number of amides is 1. The zero-order chi connectivity index (χ0) is 15.4. The number of anilines is 2. The van der Waals surface area contributed by atoms with Gasteiger partial charge in [0.25, 0.3) is 11.6 Å². The van der Waals surface area contributed by atoms with Crippen LogP contribution in [0.15, 0.2) is 46.9 Å². The summed E-state index contributed by atoms with van der Waals surface area (Å²) in [5.41, 5.74) is 1.41. The monoisotopic (exact) mass is 349 g/mol. The third-order valence-corrected chi connectivity index (χ3v) is 3.51. The molecule has 2 aromatic rings. The van der Waals surface area contributed by atoms with E-state index in [4.69, 9.17) is 0 Å². The molecule has 0 unspecified atom stereocenters. The highest BCUT2D eigenvalue weighted by Gasteiger charge is 2.15. The fourth-order valence-electron chi connectivity index (χ4n) is 1.83. The van der Waals surface area contributed by atoms with Gasteiger partial charge in [-0.05, 0) is 40.2 Å². The van der Waals surface area contributed by atoms with Crippen LogP contribution >= 0.6 is 15.9 Å². The van der Waals surface area contributed by atoms with Crippen molar-refractivity contribution in [3.8, 4) is 0 Å². The number of hydrogen-bond donors (Lipinski definition) is 2. The summed E-state index contributed by atoms with van der Waals surface area (Å²) in [5.74, 6) is -0.337. The van der Waals surface area contributed by atoms with Gasteiger partial charge in [-0.3, -0.25) is 14.9 Å². The minimum atomic E-state index is -0.513. The standard InChI is InChI=1S/C14H12BrN3O3/c1-16-12-5-3-2-4-10(12)14(19)17-9-6-7-11(15)13(8-9)18(20)21/h2-8,16H,1H3,(H,17,19). The van der Waals surface area contributed by atoms with Gasteiger partial charge in [0.15, 0.2) is 0 Å². The van der Waals surface area contributed by atoms with E-state index in [9.17, 15) is 14.9 Å². The van der Waals surface area contributed by atoms with E-state index in [1.165, 1.54) is 12.1 Å². The number of carbonyl (C=O) groups excluding carboxylic acids is 1. The summed E-state index contributed by atoms with van der Waals surface area (Å²) in [6.45, 7) is 0. The van der Waals surface area contributed by atoms with Crippen molar-refractivity contribution in [3.05, 3.63) is 62.6 Å². The van der Waals surface area contributed by atoms with Gasteiger partial charge >= 0.3 is 0 Å². The molecule has 2 aromatic carbocycles. The molecule has 0 aliphatic heterocycles. The van der Waals surface area contributed by atoms with Gasteiger partial charge in [-0.2, -0.15) is 0 Å². The lowest BCUT2D eigenvalue weighted by molar-refractivity contribution is -0.385. The summed E-state index contributed by atoms with van der Waals surface area (Å²) < 4.78 is 0.362. The Balaban J connectivity index is 2.28. The number of para-hydroxylation sites is 1. The van der Waals surface area contributed by atoms with E-state index < -0.39 is 4.92 Å². The van der Waals surface area contributed by atoms with Crippen LogP contribution in [-0.4, -0.2) is 17.9 Å². The Morgan fingerprint density at radius 2 is 1.95 bits per heavy atom. The van der Waals surface area contributed by atoms with Crippen molar-refractivity contribution in [2.45, 2.75) is 0 Å². The highest BCUT2D eigenvalue weighted by Crippen LogP contribution is 2.28. The average molecular weight is 350 g/mol. The number of halogens is 1. The third-order valence-electron chi connectivity index (χ3n) is 2.84. The number of nitrogens with zero attached hydrogens (tertiary/aromatic N) is 1. The number of nitrogens with one attached hydrogen (secondary N) is 2. The van der Waals surface area contributed by atoms with Crippen LogP contribution < -0.4 is 10.6 Å². The molecule has 21 heavy (non-hydrogen) atoms. The summed E-state index contributed by atoms with van der Waals surface area (Å²) in [7, 11) is 1.72. The van der Waals surface area contributed by atoms with Gasteiger partial charge in [0, 0.05) is 24.5 Å². The van der Waals surface area contributed by atoms with Gasteiger partial charge < -0.3 is 10.6 Å². The largest absolute Gasteiger partial charge is 0.387 e. The molecule has 0 saturated heterocycles. The lowest BCUT2D eigenvalue weighted by atomic mass is 10.1. The molecule has 0 aliphatic carbocycles. The van der Waals surface area contributed by atoms with Gasteiger partial charge in [0.05, 0.1) is 15.0 Å². The van der Waals surface area contributed by atoms with E-state index in [2.05, 4.69) is 26.6 Å². The van der Waals surface area contributed by atoms with Crippen molar-refractivity contribution < 1.29 is 9.72 Å². The Kier molecular flexibility index (Phi) is 4.54. The highest BCUT2D eigenvalue weighted by molar-refractivity contribution is 9.10. The lowest BCUT2D eigenvalue weighted by Crippen LogP contribution is -2.14. The molecule has 7 heteroatoms. The lowest BCUT2D eigenvalue weighted by Gasteiger charge is -2.09. The van der Waals surface area contributed by atoms with Gasteiger partial charge in [-0.1, -0.05) is 12.1 Å². The minimum Gasteiger partial charge on any atom is -0.387 e. The second-order valence-electron chi connectivity index (χ2n) is 4.17. The summed E-state index contributed by atoms with van der Waals surface area (Å²) in [6, 6.07) is 11.4. The van der Waals surface area contributed by atoms with Crippen LogP contribution in [0.3, 0.4) is 0 Å². The van der Waals surface area contributed by atoms with Crippen molar-refractivity contribution >= 4 is 38.9 Å². The molecule has 0 fully saturated rings. The van der Waals surface area contributed by atoms with E-state index in [-0.39, 0.29) is 11.6 Å². The zero-order valence-corrected chi connectivity index (χ0v) is 12.7. The van der Waals surface area contributed by atoms with E-state index in [1.54, 1.807) is 31.3 Å². The van der Waals surface area contributed by atoms with Crippen LogP contribution in [0.1, 0.15) is 10.4 Å². The first-order valence-corrected chi connectivity index (χ1v) is 6.84. The molecule has 0 radical (unpaired) electrons. The molecule has 2 rings (SSSR count). The zero-order valence-electron chi connectivity index (χ0n) is 11.1. The van der Waals surface area contributed by atoms with Crippen molar-refractivity contribution in [2.24, 2.45) is 0 Å². The molecule has 0 saturated carbocycles. The van der Waals surface area contributed by atoms with Crippen LogP contribution in [0.4, 0.5) is 17.1 Å². The Bertz CT molecular complexity index is 704. The Hall–Kier alpha value is -2.41. The summed E-state index contributed by atoms with van der Waals surface area (Å²) in [6.07, 6.45) is 0. The molecule has 0 spiro atoms. The van der Waals surface area contributed by atoms with Crippen molar-refractivity contribution in [2.75, 3.05) is 17.7 Å². The van der Waals surface area contributed by atoms with Crippen molar-refractivity contribution in [3.63, 3.8) is 0 Å². The smallest absolute Gasteiger partial charge is 0.285 e. The molecule has 0 atom stereocenters. The molecular formula is C14H12BrN3O3. The normalized spacial score (nSPS) is 10.0. The summed E-state index contributed by atoms with van der Waals surface area (Å²) >= 11 is 3.10. The van der Waals surface area contributed by atoms with E-state index >= 15 is 0 Å². The third kappa shape index (κ3) is 3.38. The van der Waals surface area contributed by atoms with E-state index in [1.807, 2.05) is 6.07 Å². The fourth-order valence-corrected chi connectivity index (χ4v) is 2.22. The maximum Gasteiger partial charge on any atom is 0.285 e. The predicted molar refractivity (Wildman–Crippen MR) is 84.7 cm³/mol. The quantitative estimate of drug-likeness (QED) is 0.651. The Morgan fingerprint density at radius 1 is 1.24 bits per heavy atom. The number of nitro groups is 1. The molecule has 2 N–H and O–H groups in total.